The molecule has 0 saturated carbocycles. The molecule has 3 rings (SSSR count). The van der Waals surface area contributed by atoms with Gasteiger partial charge in [0.25, 0.3) is 5.56 Å². The van der Waals surface area contributed by atoms with E-state index in [-0.39, 0.29) is 30.2 Å². The molecule has 22 heavy (non-hydrogen) atoms. The second-order valence-corrected chi connectivity index (χ2v) is 6.24. The summed E-state index contributed by atoms with van der Waals surface area (Å²) >= 11 is 0. The number of hydrogen-bond donors (Lipinski definition) is 1. The third-order valence-corrected chi connectivity index (χ3v) is 4.61. The molecule has 0 aromatic carbocycles. The summed E-state index contributed by atoms with van der Waals surface area (Å²) in [6.45, 7) is 1.97. The average Bonchev–Trinajstić information content (AvgIpc) is 2.48. The van der Waals surface area contributed by atoms with Crippen LogP contribution in [0.2, 0.25) is 0 Å². The number of carboxylic acids is 1. The lowest BCUT2D eigenvalue weighted by Crippen LogP contribution is -2.49. The van der Waals surface area contributed by atoms with Crippen LogP contribution in [0.4, 0.5) is 0 Å². The summed E-state index contributed by atoms with van der Waals surface area (Å²) in [5, 5.41) is 8.65. The van der Waals surface area contributed by atoms with E-state index >= 15 is 0 Å². The van der Waals surface area contributed by atoms with Crippen molar-refractivity contribution in [3.05, 3.63) is 34.2 Å². The van der Waals surface area contributed by atoms with Crippen molar-refractivity contribution >= 4 is 11.9 Å². The lowest BCUT2D eigenvalue weighted by atomic mass is 9.83. The number of carbonyl (C=O) groups excluding carboxylic acids is 1. The highest BCUT2D eigenvalue weighted by Crippen LogP contribution is 2.35. The summed E-state index contributed by atoms with van der Waals surface area (Å²) in [6.07, 6.45) is 1.72. The predicted molar refractivity (Wildman–Crippen MR) is 79.6 cm³/mol. The molecule has 2 bridgehead atoms. The van der Waals surface area contributed by atoms with Gasteiger partial charge in [0.2, 0.25) is 5.91 Å². The Morgan fingerprint density at radius 1 is 1.18 bits per heavy atom. The number of aliphatic carboxylic acids is 1. The van der Waals surface area contributed by atoms with Crippen molar-refractivity contribution in [3.8, 4) is 0 Å². The van der Waals surface area contributed by atoms with Crippen LogP contribution in [-0.2, 0) is 16.1 Å². The first kappa shape index (κ1) is 14.8. The fourth-order valence-electron chi connectivity index (χ4n) is 3.65. The maximum absolute atomic E-state index is 12.3. The smallest absolute Gasteiger partial charge is 0.303 e. The first-order valence-electron chi connectivity index (χ1n) is 7.74. The maximum Gasteiger partial charge on any atom is 0.303 e. The van der Waals surface area contributed by atoms with Crippen LogP contribution in [0.15, 0.2) is 23.0 Å². The predicted octanol–water partition coefficient (Wildman–Crippen LogP) is 1.05. The zero-order chi connectivity index (χ0) is 15.7. The van der Waals surface area contributed by atoms with Crippen molar-refractivity contribution in [2.45, 2.75) is 38.1 Å². The lowest BCUT2D eigenvalue weighted by Gasteiger charge is -2.42. The number of fused-ring (bicyclic) bond motifs is 4. The molecule has 0 aliphatic carbocycles. The standard InChI is InChI=1S/C16H20N2O4/c19-14(4-2-6-16(21)22)17-8-11-7-12(10-17)13-3-1-5-15(20)18(13)9-11/h1,3,5,11-12H,2,4,6-10H2,(H,21,22)/t11-,12+/m0/s1. The van der Waals surface area contributed by atoms with Crippen LogP contribution in [0.3, 0.4) is 0 Å². The van der Waals surface area contributed by atoms with E-state index in [4.69, 9.17) is 5.11 Å². The van der Waals surface area contributed by atoms with Gasteiger partial charge in [-0.3, -0.25) is 14.4 Å². The SMILES string of the molecule is O=C(O)CCCC(=O)N1C[C@@H]2C[C@H](C1)c1cccc(=O)n1C2. The number of amides is 1. The normalized spacial score (nSPS) is 23.0. The first-order chi connectivity index (χ1) is 10.5. The minimum absolute atomic E-state index is 0.0303. The van der Waals surface area contributed by atoms with Gasteiger partial charge in [-0.1, -0.05) is 6.07 Å². The van der Waals surface area contributed by atoms with Gasteiger partial charge in [-0.15, -0.1) is 0 Å². The molecular formula is C16H20N2O4. The van der Waals surface area contributed by atoms with E-state index in [0.717, 1.165) is 12.1 Å². The van der Waals surface area contributed by atoms with Gasteiger partial charge in [-0.25, -0.2) is 0 Å². The molecular weight excluding hydrogens is 284 g/mol. The molecule has 1 amide bonds. The molecule has 0 radical (unpaired) electrons. The summed E-state index contributed by atoms with van der Waals surface area (Å²) in [4.78, 5) is 36.6. The highest BCUT2D eigenvalue weighted by Gasteiger charge is 2.35. The van der Waals surface area contributed by atoms with E-state index in [0.29, 0.717) is 32.0 Å². The minimum atomic E-state index is -0.864. The van der Waals surface area contributed by atoms with Gasteiger partial charge in [0, 0.05) is 50.2 Å². The summed E-state index contributed by atoms with van der Waals surface area (Å²) in [6, 6.07) is 5.34. The molecule has 2 atom stereocenters. The fourth-order valence-corrected chi connectivity index (χ4v) is 3.65. The topological polar surface area (TPSA) is 79.6 Å². The molecule has 6 heteroatoms. The molecule has 6 nitrogen and oxygen atoms in total. The van der Waals surface area contributed by atoms with Crippen LogP contribution in [0.1, 0.15) is 37.3 Å². The Morgan fingerprint density at radius 2 is 2.00 bits per heavy atom. The van der Waals surface area contributed by atoms with Crippen molar-refractivity contribution in [2.75, 3.05) is 13.1 Å². The Bertz CT molecular complexity index is 652. The number of nitrogens with zero attached hydrogens (tertiary/aromatic N) is 2. The molecule has 1 N–H and O–H groups in total. The Morgan fingerprint density at radius 3 is 2.77 bits per heavy atom. The number of likely N-dealkylation sites (tertiary alicyclic amines) is 1. The van der Waals surface area contributed by atoms with Crippen LogP contribution in [0.5, 0.6) is 0 Å². The van der Waals surface area contributed by atoms with E-state index < -0.39 is 5.97 Å². The zero-order valence-electron chi connectivity index (χ0n) is 12.4. The van der Waals surface area contributed by atoms with Crippen molar-refractivity contribution in [2.24, 2.45) is 5.92 Å². The highest BCUT2D eigenvalue weighted by atomic mass is 16.4. The summed E-state index contributed by atoms with van der Waals surface area (Å²) in [7, 11) is 0. The number of rotatable bonds is 4. The van der Waals surface area contributed by atoms with Crippen molar-refractivity contribution in [1.29, 1.82) is 0 Å². The Balaban J connectivity index is 1.69. The first-order valence-corrected chi connectivity index (χ1v) is 7.74. The molecule has 0 spiro atoms. The van der Waals surface area contributed by atoms with Crippen molar-refractivity contribution < 1.29 is 14.7 Å². The summed E-state index contributed by atoms with van der Waals surface area (Å²) < 4.78 is 1.84. The fraction of sp³-hybridized carbons (Fsp3) is 0.562. The quantitative estimate of drug-likeness (QED) is 0.901. The summed E-state index contributed by atoms with van der Waals surface area (Å²) in [5.41, 5.74) is 1.06. The van der Waals surface area contributed by atoms with Crippen molar-refractivity contribution in [3.63, 3.8) is 0 Å². The van der Waals surface area contributed by atoms with Crippen LogP contribution in [0, 0.1) is 5.92 Å². The molecule has 1 aromatic rings. The van der Waals surface area contributed by atoms with E-state index in [1.165, 1.54) is 0 Å². The highest BCUT2D eigenvalue weighted by molar-refractivity contribution is 5.77. The third-order valence-electron chi connectivity index (χ3n) is 4.61. The van der Waals surface area contributed by atoms with E-state index in [2.05, 4.69) is 0 Å². The molecule has 3 heterocycles. The summed E-state index contributed by atoms with van der Waals surface area (Å²) in [5.74, 6) is -0.307. The van der Waals surface area contributed by atoms with E-state index in [1.54, 1.807) is 12.1 Å². The Labute approximate surface area is 128 Å². The van der Waals surface area contributed by atoms with Gasteiger partial charge in [-0.2, -0.15) is 0 Å². The van der Waals surface area contributed by atoms with Gasteiger partial charge < -0.3 is 14.6 Å². The number of carbonyl (C=O) groups is 2. The Hall–Kier alpha value is -2.11. The lowest BCUT2D eigenvalue weighted by molar-refractivity contribution is -0.137. The molecule has 2 aliphatic rings. The van der Waals surface area contributed by atoms with Crippen LogP contribution in [0.25, 0.3) is 0 Å². The van der Waals surface area contributed by atoms with Crippen molar-refractivity contribution in [1.82, 2.24) is 9.47 Å². The number of carboxylic acid groups (broad SMARTS) is 1. The number of piperidine rings is 1. The molecule has 1 saturated heterocycles. The van der Waals surface area contributed by atoms with Gasteiger partial charge in [0.05, 0.1) is 0 Å². The zero-order valence-corrected chi connectivity index (χ0v) is 12.4. The average molecular weight is 304 g/mol. The number of aromatic nitrogens is 1. The molecule has 1 aromatic heterocycles. The van der Waals surface area contributed by atoms with Crippen LogP contribution < -0.4 is 5.56 Å². The van der Waals surface area contributed by atoms with Crippen LogP contribution >= 0.6 is 0 Å². The van der Waals surface area contributed by atoms with E-state index in [1.807, 2.05) is 15.5 Å². The maximum atomic E-state index is 12.3. The van der Waals surface area contributed by atoms with Gasteiger partial charge >= 0.3 is 5.97 Å². The molecule has 118 valence electrons. The molecule has 0 unspecified atom stereocenters. The number of hydrogen-bond acceptors (Lipinski definition) is 3. The van der Waals surface area contributed by atoms with Gasteiger partial charge in [-0.05, 0) is 24.8 Å². The largest absolute Gasteiger partial charge is 0.481 e. The Kier molecular flexibility index (Phi) is 4.00. The van der Waals surface area contributed by atoms with Gasteiger partial charge in [0.1, 0.15) is 0 Å². The number of pyridine rings is 1. The second-order valence-electron chi connectivity index (χ2n) is 6.24. The minimum Gasteiger partial charge on any atom is -0.481 e. The third kappa shape index (κ3) is 2.91. The second kappa shape index (κ2) is 5.94. The molecule has 1 fully saturated rings. The molecule has 2 aliphatic heterocycles. The monoisotopic (exact) mass is 304 g/mol. The van der Waals surface area contributed by atoms with E-state index in [9.17, 15) is 14.4 Å². The van der Waals surface area contributed by atoms with Gasteiger partial charge in [0.15, 0.2) is 0 Å². The van der Waals surface area contributed by atoms with Crippen LogP contribution in [-0.4, -0.2) is 39.5 Å².